The van der Waals surface area contributed by atoms with E-state index < -0.39 is 28.8 Å². The third kappa shape index (κ3) is 2.04. The number of fused-ring (bicyclic) bond motifs is 1. The van der Waals surface area contributed by atoms with E-state index in [1.165, 1.54) is 14.0 Å². The van der Waals surface area contributed by atoms with Gasteiger partial charge in [-0.25, -0.2) is 4.79 Å². The van der Waals surface area contributed by atoms with Gasteiger partial charge in [-0.15, -0.1) is 0 Å². The van der Waals surface area contributed by atoms with Crippen LogP contribution in [0.3, 0.4) is 0 Å². The molecule has 106 valence electrons. The van der Waals surface area contributed by atoms with Gasteiger partial charge in [0.25, 0.3) is 5.56 Å². The van der Waals surface area contributed by atoms with E-state index in [4.69, 9.17) is 5.11 Å². The van der Waals surface area contributed by atoms with Gasteiger partial charge in [-0.05, 0) is 25.1 Å². The summed E-state index contributed by atoms with van der Waals surface area (Å²) in [6.45, 7) is 1.28. The molecule has 20 heavy (non-hydrogen) atoms. The third-order valence-corrected chi connectivity index (χ3v) is 3.17. The van der Waals surface area contributed by atoms with Crippen molar-refractivity contribution in [1.82, 2.24) is 4.57 Å². The zero-order valence-electron chi connectivity index (χ0n) is 10.6. The minimum Gasteiger partial charge on any atom is -0.478 e. The molecule has 4 nitrogen and oxygen atoms in total. The molecule has 0 saturated carbocycles. The van der Waals surface area contributed by atoms with E-state index in [0.29, 0.717) is 0 Å². The summed E-state index contributed by atoms with van der Waals surface area (Å²) in [5.74, 6) is -1.43. The number of aromatic nitrogens is 1. The predicted molar refractivity (Wildman–Crippen MR) is 65.9 cm³/mol. The first-order valence-electron chi connectivity index (χ1n) is 5.58. The Labute approximate surface area is 111 Å². The topological polar surface area (TPSA) is 59.3 Å². The number of pyridine rings is 1. The molecule has 0 radical (unpaired) electrons. The summed E-state index contributed by atoms with van der Waals surface area (Å²) >= 11 is 0. The van der Waals surface area contributed by atoms with Crippen LogP contribution < -0.4 is 5.56 Å². The van der Waals surface area contributed by atoms with Crippen LogP contribution in [-0.2, 0) is 13.2 Å². The normalized spacial score (nSPS) is 11.8. The van der Waals surface area contributed by atoms with E-state index in [0.717, 1.165) is 22.8 Å². The van der Waals surface area contributed by atoms with Crippen molar-refractivity contribution in [3.05, 3.63) is 45.2 Å². The minimum absolute atomic E-state index is 0.0909. The van der Waals surface area contributed by atoms with Crippen LogP contribution in [0.15, 0.2) is 23.0 Å². The number of carboxylic acid groups (broad SMARTS) is 1. The fourth-order valence-electron chi connectivity index (χ4n) is 2.15. The number of halogens is 3. The zero-order chi connectivity index (χ0) is 15.2. The molecule has 1 aromatic carbocycles. The smallest absolute Gasteiger partial charge is 0.416 e. The summed E-state index contributed by atoms with van der Waals surface area (Å²) in [7, 11) is 1.39. The van der Waals surface area contributed by atoms with Crippen LogP contribution in [0, 0.1) is 6.92 Å². The van der Waals surface area contributed by atoms with Crippen LogP contribution in [0.5, 0.6) is 0 Å². The Morgan fingerprint density at radius 2 is 1.90 bits per heavy atom. The van der Waals surface area contributed by atoms with Crippen LogP contribution in [0.1, 0.15) is 21.5 Å². The molecule has 0 aliphatic rings. The summed E-state index contributed by atoms with van der Waals surface area (Å²) in [6, 6.07) is 2.68. The number of nitrogens with zero attached hydrogens (tertiary/aromatic N) is 1. The highest BCUT2D eigenvalue weighted by Gasteiger charge is 2.31. The number of aromatic carboxylic acids is 1. The first-order chi connectivity index (χ1) is 9.14. The van der Waals surface area contributed by atoms with Gasteiger partial charge in [0.05, 0.1) is 16.6 Å². The lowest BCUT2D eigenvalue weighted by Crippen LogP contribution is -2.23. The minimum atomic E-state index is -4.58. The van der Waals surface area contributed by atoms with Crippen molar-refractivity contribution in [2.45, 2.75) is 13.1 Å². The number of carbonyl (C=O) groups is 1. The molecular formula is C13H10F3NO3. The second-order valence-electron chi connectivity index (χ2n) is 4.40. The average Bonchev–Trinajstić information content (AvgIpc) is 2.34. The fourth-order valence-corrected chi connectivity index (χ4v) is 2.15. The summed E-state index contributed by atoms with van der Waals surface area (Å²) < 4.78 is 39.3. The van der Waals surface area contributed by atoms with Crippen molar-refractivity contribution in [2.75, 3.05) is 0 Å². The molecule has 7 heteroatoms. The van der Waals surface area contributed by atoms with Gasteiger partial charge in [-0.2, -0.15) is 13.2 Å². The molecule has 0 atom stereocenters. The number of hydrogen-bond donors (Lipinski definition) is 1. The van der Waals surface area contributed by atoms with Crippen molar-refractivity contribution >= 4 is 16.9 Å². The van der Waals surface area contributed by atoms with Crippen molar-refractivity contribution in [1.29, 1.82) is 0 Å². The lowest BCUT2D eigenvalue weighted by atomic mass is 10.0. The molecule has 2 rings (SSSR count). The maximum atomic E-state index is 12.7. The van der Waals surface area contributed by atoms with E-state index in [9.17, 15) is 22.8 Å². The van der Waals surface area contributed by atoms with Crippen LogP contribution in [0.2, 0.25) is 0 Å². The fraction of sp³-hybridized carbons (Fsp3) is 0.231. The van der Waals surface area contributed by atoms with E-state index in [1.54, 1.807) is 0 Å². The molecule has 0 aliphatic heterocycles. The average molecular weight is 285 g/mol. The van der Waals surface area contributed by atoms with Crippen LogP contribution >= 0.6 is 0 Å². The Bertz CT molecular complexity index is 775. The van der Waals surface area contributed by atoms with Crippen LogP contribution in [-0.4, -0.2) is 15.6 Å². The van der Waals surface area contributed by atoms with Gasteiger partial charge in [0.1, 0.15) is 0 Å². The highest BCUT2D eigenvalue weighted by atomic mass is 19.4. The molecule has 0 fully saturated rings. The van der Waals surface area contributed by atoms with Gasteiger partial charge < -0.3 is 9.67 Å². The molecule has 0 aliphatic carbocycles. The quantitative estimate of drug-likeness (QED) is 0.876. The number of carboxylic acids is 1. The van der Waals surface area contributed by atoms with Crippen molar-refractivity contribution in [2.24, 2.45) is 7.05 Å². The number of alkyl halides is 3. The van der Waals surface area contributed by atoms with Gasteiger partial charge in [0.15, 0.2) is 0 Å². The summed E-state index contributed by atoms with van der Waals surface area (Å²) in [5, 5.41) is 9.04. The molecule has 0 saturated heterocycles. The lowest BCUT2D eigenvalue weighted by Gasteiger charge is -2.13. The monoisotopic (exact) mass is 285 g/mol. The molecule has 0 amide bonds. The van der Waals surface area contributed by atoms with Crippen LogP contribution in [0.4, 0.5) is 13.2 Å². The molecule has 0 unspecified atom stereocenters. The summed E-state index contributed by atoms with van der Waals surface area (Å²) in [6.07, 6.45) is -4.58. The first kappa shape index (κ1) is 14.1. The van der Waals surface area contributed by atoms with Gasteiger partial charge in [0.2, 0.25) is 0 Å². The van der Waals surface area contributed by atoms with Crippen LogP contribution in [0.25, 0.3) is 10.9 Å². The second kappa shape index (κ2) is 4.36. The van der Waals surface area contributed by atoms with Gasteiger partial charge in [-0.1, -0.05) is 0 Å². The third-order valence-electron chi connectivity index (χ3n) is 3.17. The second-order valence-corrected chi connectivity index (χ2v) is 4.40. The molecule has 0 bridgehead atoms. The predicted octanol–water partition coefficient (Wildman–Crippen LogP) is 2.56. The highest BCUT2D eigenvalue weighted by molar-refractivity contribution is 6.04. The number of benzene rings is 1. The van der Waals surface area contributed by atoms with E-state index in [-0.39, 0.29) is 16.5 Å². The summed E-state index contributed by atoms with van der Waals surface area (Å²) in [5.41, 5.74) is -1.84. The molecular weight excluding hydrogens is 275 g/mol. The van der Waals surface area contributed by atoms with Crippen molar-refractivity contribution in [3.8, 4) is 0 Å². The SMILES string of the molecule is Cc1c(C(=O)O)c2cc(C(F)(F)F)ccc2n(C)c1=O. The summed E-state index contributed by atoms with van der Waals surface area (Å²) in [4.78, 5) is 23.1. The van der Waals surface area contributed by atoms with Gasteiger partial charge in [-0.3, -0.25) is 4.79 Å². The molecule has 0 spiro atoms. The zero-order valence-corrected chi connectivity index (χ0v) is 10.6. The van der Waals surface area contributed by atoms with E-state index in [1.807, 2.05) is 0 Å². The molecule has 2 aromatic rings. The molecule has 1 heterocycles. The molecule has 1 aromatic heterocycles. The Morgan fingerprint density at radius 1 is 1.30 bits per heavy atom. The van der Waals surface area contributed by atoms with Crippen molar-refractivity contribution < 1.29 is 23.1 Å². The maximum Gasteiger partial charge on any atom is 0.416 e. The van der Waals surface area contributed by atoms with E-state index in [2.05, 4.69) is 0 Å². The molecule has 1 N–H and O–H groups in total. The standard InChI is InChI=1S/C13H10F3NO3/c1-6-10(12(19)20)8-5-7(13(14,15)16)3-4-9(8)17(2)11(6)18/h3-5H,1-2H3,(H,19,20). The van der Waals surface area contributed by atoms with Gasteiger partial charge in [0, 0.05) is 18.0 Å². The van der Waals surface area contributed by atoms with E-state index >= 15 is 0 Å². The lowest BCUT2D eigenvalue weighted by molar-refractivity contribution is -0.137. The number of hydrogen-bond acceptors (Lipinski definition) is 2. The number of rotatable bonds is 1. The maximum absolute atomic E-state index is 12.7. The van der Waals surface area contributed by atoms with Crippen molar-refractivity contribution in [3.63, 3.8) is 0 Å². The Hall–Kier alpha value is -2.31. The Kier molecular flexibility index (Phi) is 3.08. The Morgan fingerprint density at radius 3 is 2.40 bits per heavy atom. The number of aryl methyl sites for hydroxylation is 1. The highest BCUT2D eigenvalue weighted by Crippen LogP contribution is 2.32. The first-order valence-corrected chi connectivity index (χ1v) is 5.58. The largest absolute Gasteiger partial charge is 0.478 e. The Balaban J connectivity index is 3.00. The van der Waals surface area contributed by atoms with Gasteiger partial charge >= 0.3 is 12.1 Å².